The van der Waals surface area contributed by atoms with Crippen LogP contribution < -0.4 is 10.6 Å². The zero-order valence-corrected chi connectivity index (χ0v) is 12.8. The van der Waals surface area contributed by atoms with Crippen LogP contribution in [0.4, 0.5) is 0 Å². The van der Waals surface area contributed by atoms with Crippen LogP contribution in [0, 0.1) is 0 Å². The summed E-state index contributed by atoms with van der Waals surface area (Å²) in [6, 6.07) is 27.8. The second-order valence-corrected chi connectivity index (χ2v) is 7.99. The van der Waals surface area contributed by atoms with Gasteiger partial charge in [-0.1, -0.05) is 84.9 Å². The fraction of sp³-hybridized carbons (Fsp3) is 0.0526. The van der Waals surface area contributed by atoms with Crippen molar-refractivity contribution < 1.29 is 4.57 Å². The normalized spacial score (nSPS) is 13.6. The topological polar surface area (TPSA) is 17.1 Å². The maximum Gasteiger partial charge on any atom is 0.140 e. The maximum atomic E-state index is 13.4. The monoisotopic (exact) mass is 292 g/mol. The van der Waals surface area contributed by atoms with Crippen molar-refractivity contribution in [2.45, 2.75) is 0 Å². The van der Waals surface area contributed by atoms with Gasteiger partial charge < -0.3 is 4.57 Å². The summed E-state index contributed by atoms with van der Waals surface area (Å²) in [6.07, 6.45) is 0. The predicted molar refractivity (Wildman–Crippen MR) is 91.1 cm³/mol. The minimum atomic E-state index is -2.60. The first-order chi connectivity index (χ1) is 10.2. The molecule has 104 valence electrons. The fourth-order valence-corrected chi connectivity index (χ4v) is 4.61. The molecule has 1 atom stereocenters. The van der Waals surface area contributed by atoms with Crippen LogP contribution in [-0.4, -0.2) is 6.66 Å². The van der Waals surface area contributed by atoms with Gasteiger partial charge in [0.25, 0.3) is 0 Å². The molecule has 3 aromatic carbocycles. The van der Waals surface area contributed by atoms with Crippen molar-refractivity contribution in [3.8, 4) is 11.1 Å². The average Bonchev–Trinajstić information content (AvgIpc) is 2.56. The van der Waals surface area contributed by atoms with E-state index in [1.165, 1.54) is 0 Å². The Morgan fingerprint density at radius 3 is 1.86 bits per heavy atom. The third kappa shape index (κ3) is 2.70. The molecule has 0 amide bonds. The van der Waals surface area contributed by atoms with Crippen molar-refractivity contribution in [1.82, 2.24) is 0 Å². The molecule has 0 spiro atoms. The third-order valence-corrected chi connectivity index (χ3v) is 6.29. The van der Waals surface area contributed by atoms with Gasteiger partial charge in [-0.25, -0.2) is 0 Å². The molecule has 0 heterocycles. The first-order valence-corrected chi connectivity index (χ1v) is 9.13. The van der Waals surface area contributed by atoms with Crippen LogP contribution in [0.3, 0.4) is 0 Å². The van der Waals surface area contributed by atoms with Crippen molar-refractivity contribution in [3.05, 3.63) is 84.9 Å². The molecule has 3 aromatic rings. The summed E-state index contributed by atoms with van der Waals surface area (Å²) in [5.74, 6) is 0. The summed E-state index contributed by atoms with van der Waals surface area (Å²) in [5.41, 5.74) is 2.15. The first-order valence-electron chi connectivity index (χ1n) is 6.98. The largest absolute Gasteiger partial charge is 0.314 e. The molecule has 0 unspecified atom stereocenters. The summed E-state index contributed by atoms with van der Waals surface area (Å²) < 4.78 is 13.4. The molecule has 0 aliphatic rings. The van der Waals surface area contributed by atoms with E-state index in [9.17, 15) is 4.57 Å². The van der Waals surface area contributed by atoms with Gasteiger partial charge in [0, 0.05) is 10.6 Å². The Bertz CT molecular complexity index is 779. The van der Waals surface area contributed by atoms with Crippen molar-refractivity contribution >= 4 is 17.8 Å². The van der Waals surface area contributed by atoms with Gasteiger partial charge in [0.15, 0.2) is 0 Å². The highest BCUT2D eigenvalue weighted by atomic mass is 31.2. The van der Waals surface area contributed by atoms with E-state index < -0.39 is 7.14 Å². The SMILES string of the molecule is C[P@@](=O)(c1ccccc1)c1ccccc1-c1ccccc1. The highest BCUT2D eigenvalue weighted by molar-refractivity contribution is 7.78. The van der Waals surface area contributed by atoms with Gasteiger partial charge in [-0.3, -0.25) is 0 Å². The van der Waals surface area contributed by atoms with Crippen LogP contribution >= 0.6 is 7.14 Å². The highest BCUT2D eigenvalue weighted by Gasteiger charge is 2.24. The minimum absolute atomic E-state index is 0.897. The fourth-order valence-electron chi connectivity index (χ4n) is 2.56. The summed E-state index contributed by atoms with van der Waals surface area (Å²) in [7, 11) is -2.60. The van der Waals surface area contributed by atoms with Crippen LogP contribution in [0.2, 0.25) is 0 Å². The molecular formula is C19H17OP. The van der Waals surface area contributed by atoms with Crippen LogP contribution in [0.25, 0.3) is 11.1 Å². The average molecular weight is 292 g/mol. The molecule has 1 nitrogen and oxygen atoms in total. The van der Waals surface area contributed by atoms with E-state index in [4.69, 9.17) is 0 Å². The number of benzene rings is 3. The van der Waals surface area contributed by atoms with E-state index in [1.807, 2.05) is 79.5 Å². The molecule has 21 heavy (non-hydrogen) atoms. The third-order valence-electron chi connectivity index (χ3n) is 3.70. The van der Waals surface area contributed by atoms with Gasteiger partial charge in [0.1, 0.15) is 7.14 Å². The van der Waals surface area contributed by atoms with Crippen molar-refractivity contribution in [2.24, 2.45) is 0 Å². The van der Waals surface area contributed by atoms with Crippen LogP contribution in [0.15, 0.2) is 84.9 Å². The second-order valence-electron chi connectivity index (χ2n) is 5.14. The lowest BCUT2D eigenvalue weighted by atomic mass is 10.1. The van der Waals surface area contributed by atoms with Crippen LogP contribution in [0.1, 0.15) is 0 Å². The second kappa shape index (κ2) is 5.71. The molecule has 2 heteroatoms. The van der Waals surface area contributed by atoms with Gasteiger partial charge in [-0.15, -0.1) is 0 Å². The molecule has 0 aliphatic heterocycles. The van der Waals surface area contributed by atoms with Crippen molar-refractivity contribution in [2.75, 3.05) is 6.66 Å². The summed E-state index contributed by atoms with van der Waals surface area (Å²) in [4.78, 5) is 0. The van der Waals surface area contributed by atoms with Gasteiger partial charge >= 0.3 is 0 Å². The van der Waals surface area contributed by atoms with E-state index in [0.29, 0.717) is 0 Å². The van der Waals surface area contributed by atoms with Gasteiger partial charge in [0.2, 0.25) is 0 Å². The standard InChI is InChI=1S/C19H17OP/c1-21(20,17-12-6-3-7-13-17)19-15-9-8-14-18(19)16-10-4-2-5-11-16/h2-15H,1H3/t21-/m1/s1. The first kappa shape index (κ1) is 13.9. The zero-order valence-electron chi connectivity index (χ0n) is 11.9. The molecule has 0 bridgehead atoms. The predicted octanol–water partition coefficient (Wildman–Crippen LogP) is 4.30. The lowest BCUT2D eigenvalue weighted by molar-refractivity contribution is 0.590. The number of rotatable bonds is 3. The molecule has 0 fully saturated rings. The van der Waals surface area contributed by atoms with Crippen LogP contribution in [-0.2, 0) is 4.57 Å². The lowest BCUT2D eigenvalue weighted by Gasteiger charge is -2.18. The maximum absolute atomic E-state index is 13.4. The number of hydrogen-bond donors (Lipinski definition) is 0. The van der Waals surface area contributed by atoms with Gasteiger partial charge in [-0.05, 0) is 17.8 Å². The molecular weight excluding hydrogens is 275 g/mol. The van der Waals surface area contributed by atoms with Gasteiger partial charge in [-0.2, -0.15) is 0 Å². The Hall–Kier alpha value is -2.11. The summed E-state index contributed by atoms with van der Waals surface area (Å²) in [5, 5.41) is 1.82. The minimum Gasteiger partial charge on any atom is -0.314 e. The van der Waals surface area contributed by atoms with E-state index in [1.54, 1.807) is 0 Å². The molecule has 0 saturated carbocycles. The van der Waals surface area contributed by atoms with Crippen LogP contribution in [0.5, 0.6) is 0 Å². The Kier molecular flexibility index (Phi) is 3.77. The van der Waals surface area contributed by atoms with E-state index in [0.717, 1.165) is 21.7 Å². The lowest BCUT2D eigenvalue weighted by Crippen LogP contribution is -2.16. The smallest absolute Gasteiger partial charge is 0.140 e. The molecule has 0 saturated heterocycles. The molecule has 3 rings (SSSR count). The Morgan fingerprint density at radius 2 is 1.19 bits per heavy atom. The van der Waals surface area contributed by atoms with E-state index in [-0.39, 0.29) is 0 Å². The Labute approximate surface area is 125 Å². The Balaban J connectivity index is 2.18. The van der Waals surface area contributed by atoms with Crippen molar-refractivity contribution in [3.63, 3.8) is 0 Å². The van der Waals surface area contributed by atoms with Crippen molar-refractivity contribution in [1.29, 1.82) is 0 Å². The highest BCUT2D eigenvalue weighted by Crippen LogP contribution is 2.41. The molecule has 0 aliphatic carbocycles. The van der Waals surface area contributed by atoms with E-state index >= 15 is 0 Å². The summed E-state index contributed by atoms with van der Waals surface area (Å²) in [6.45, 7) is 1.85. The molecule has 0 radical (unpaired) electrons. The molecule has 0 N–H and O–H groups in total. The zero-order chi connectivity index (χ0) is 14.7. The number of hydrogen-bond acceptors (Lipinski definition) is 1. The summed E-state index contributed by atoms with van der Waals surface area (Å²) >= 11 is 0. The quantitative estimate of drug-likeness (QED) is 0.658. The van der Waals surface area contributed by atoms with Gasteiger partial charge in [0.05, 0.1) is 0 Å². The van der Waals surface area contributed by atoms with E-state index in [2.05, 4.69) is 12.1 Å². The Morgan fingerprint density at radius 1 is 0.667 bits per heavy atom. The molecule has 0 aromatic heterocycles.